The first kappa shape index (κ1) is 17.9. The molecule has 0 spiro atoms. The molecule has 2 aromatic carbocycles. The van der Waals surface area contributed by atoms with Crippen molar-refractivity contribution in [3.63, 3.8) is 0 Å². The Balaban J connectivity index is 2.15. The molecule has 1 amide bonds. The van der Waals surface area contributed by atoms with Crippen LogP contribution in [0.2, 0.25) is 0 Å². The molecule has 2 aromatic rings. The number of rotatable bonds is 4. The second kappa shape index (κ2) is 6.46. The van der Waals surface area contributed by atoms with Gasteiger partial charge in [0, 0.05) is 5.33 Å². The predicted molar refractivity (Wildman–Crippen MR) is 98.2 cm³/mol. The van der Waals surface area contributed by atoms with Gasteiger partial charge in [-0.25, -0.2) is 13.2 Å². The van der Waals surface area contributed by atoms with Gasteiger partial charge >= 0.3 is 6.09 Å². The summed E-state index contributed by atoms with van der Waals surface area (Å²) in [7, 11) is -4.05. The van der Waals surface area contributed by atoms with E-state index in [2.05, 4.69) is 15.9 Å². The number of ether oxygens (including phenoxy) is 1. The second-order valence-corrected chi connectivity index (χ2v) is 8.52. The molecule has 1 heterocycles. The zero-order chi connectivity index (χ0) is 18.2. The van der Waals surface area contributed by atoms with Crippen molar-refractivity contribution in [2.24, 2.45) is 0 Å². The van der Waals surface area contributed by atoms with Gasteiger partial charge in [-0.1, -0.05) is 63.5 Å². The van der Waals surface area contributed by atoms with E-state index in [4.69, 9.17) is 4.74 Å². The highest BCUT2D eigenvalue weighted by molar-refractivity contribution is 9.09. The minimum Gasteiger partial charge on any atom is -0.446 e. The molecule has 0 aliphatic carbocycles. The zero-order valence-electron chi connectivity index (χ0n) is 13.9. The fourth-order valence-corrected chi connectivity index (χ4v) is 5.38. The Morgan fingerprint density at radius 2 is 1.56 bits per heavy atom. The van der Waals surface area contributed by atoms with Gasteiger partial charge in [0.25, 0.3) is 10.0 Å². The van der Waals surface area contributed by atoms with Crippen LogP contribution in [-0.2, 0) is 20.3 Å². The number of cyclic esters (lactones) is 1. The first-order valence-corrected chi connectivity index (χ1v) is 10.3. The molecule has 7 heteroatoms. The summed E-state index contributed by atoms with van der Waals surface area (Å²) in [6.45, 7) is 3.78. The first-order chi connectivity index (χ1) is 11.8. The minimum atomic E-state index is -4.05. The molecule has 0 saturated carbocycles. The largest absolute Gasteiger partial charge is 0.446 e. The van der Waals surface area contributed by atoms with E-state index in [1.807, 2.05) is 38.1 Å². The molecule has 132 valence electrons. The predicted octanol–water partition coefficient (Wildman–Crippen LogP) is 3.73. The number of benzene rings is 2. The maximum Gasteiger partial charge on any atom is 0.424 e. The van der Waals surface area contributed by atoms with Gasteiger partial charge in [0.2, 0.25) is 0 Å². The normalized spacial score (nSPS) is 20.6. The van der Waals surface area contributed by atoms with Crippen molar-refractivity contribution >= 4 is 32.0 Å². The van der Waals surface area contributed by atoms with E-state index in [-0.39, 0.29) is 16.8 Å². The van der Waals surface area contributed by atoms with Crippen molar-refractivity contribution in [3.05, 3.63) is 65.2 Å². The van der Waals surface area contributed by atoms with E-state index in [0.717, 1.165) is 15.4 Å². The average molecular weight is 424 g/mol. The number of carbonyl (C=O) groups excluding carboxylic acids is 1. The molecule has 0 aromatic heterocycles. The van der Waals surface area contributed by atoms with Crippen LogP contribution in [0.4, 0.5) is 4.79 Å². The lowest BCUT2D eigenvalue weighted by Crippen LogP contribution is -2.49. The molecular formula is C18H18BrNO4S. The second-order valence-electron chi connectivity index (χ2n) is 6.17. The van der Waals surface area contributed by atoms with Crippen LogP contribution < -0.4 is 0 Å². The molecule has 0 radical (unpaired) electrons. The average Bonchev–Trinajstić information content (AvgIpc) is 2.94. The fraction of sp³-hybridized carbons (Fsp3) is 0.278. The Kier molecular flexibility index (Phi) is 4.64. The topological polar surface area (TPSA) is 63.7 Å². The molecule has 0 bridgehead atoms. The molecule has 5 nitrogen and oxygen atoms in total. The van der Waals surface area contributed by atoms with Gasteiger partial charge in [0.05, 0.1) is 4.90 Å². The van der Waals surface area contributed by atoms with Crippen LogP contribution in [0.3, 0.4) is 0 Å². The molecule has 1 atom stereocenters. The number of amides is 1. The number of halogens is 1. The van der Waals surface area contributed by atoms with Gasteiger partial charge in [-0.05, 0) is 31.5 Å². The third-order valence-corrected chi connectivity index (χ3v) is 7.13. The molecule has 1 aliphatic heterocycles. The third kappa shape index (κ3) is 2.95. The monoisotopic (exact) mass is 423 g/mol. The van der Waals surface area contributed by atoms with Crippen LogP contribution in [0.1, 0.15) is 16.7 Å². The number of nitrogens with zero attached hydrogens (tertiary/aromatic N) is 1. The highest BCUT2D eigenvalue weighted by atomic mass is 79.9. The summed E-state index contributed by atoms with van der Waals surface area (Å²) < 4.78 is 32.4. The van der Waals surface area contributed by atoms with Gasteiger partial charge in [0.15, 0.2) is 0 Å². The molecule has 1 saturated heterocycles. The van der Waals surface area contributed by atoms with E-state index in [1.165, 1.54) is 12.1 Å². The van der Waals surface area contributed by atoms with Crippen molar-refractivity contribution < 1.29 is 17.9 Å². The molecule has 1 aliphatic rings. The van der Waals surface area contributed by atoms with Crippen LogP contribution >= 0.6 is 15.9 Å². The highest BCUT2D eigenvalue weighted by Gasteiger charge is 2.54. The van der Waals surface area contributed by atoms with Crippen molar-refractivity contribution in [2.75, 3.05) is 11.9 Å². The lowest BCUT2D eigenvalue weighted by Gasteiger charge is -2.33. The fourth-order valence-electron chi connectivity index (χ4n) is 2.85. The summed E-state index contributed by atoms with van der Waals surface area (Å²) in [4.78, 5) is 12.4. The summed E-state index contributed by atoms with van der Waals surface area (Å²) in [5.74, 6) is 0. The summed E-state index contributed by atoms with van der Waals surface area (Å²) >= 11 is 3.39. The SMILES string of the molecule is Cc1ccc(C2(CBr)COC(=O)N2S(=O)(=O)c2ccc(C)cc2)cc1. The van der Waals surface area contributed by atoms with Crippen molar-refractivity contribution in [1.29, 1.82) is 0 Å². The summed E-state index contributed by atoms with van der Waals surface area (Å²) in [5, 5.41) is 0.236. The Morgan fingerprint density at radius 3 is 2.08 bits per heavy atom. The van der Waals surface area contributed by atoms with Crippen LogP contribution in [0, 0.1) is 13.8 Å². The summed E-state index contributed by atoms with van der Waals surface area (Å²) in [5.41, 5.74) is 1.57. The Morgan fingerprint density at radius 1 is 1.04 bits per heavy atom. The van der Waals surface area contributed by atoms with E-state index >= 15 is 0 Å². The van der Waals surface area contributed by atoms with E-state index in [1.54, 1.807) is 12.1 Å². The van der Waals surface area contributed by atoms with Crippen LogP contribution in [0.5, 0.6) is 0 Å². The molecular weight excluding hydrogens is 406 g/mol. The van der Waals surface area contributed by atoms with Crippen molar-refractivity contribution in [1.82, 2.24) is 4.31 Å². The molecule has 25 heavy (non-hydrogen) atoms. The van der Waals surface area contributed by atoms with Gasteiger partial charge < -0.3 is 4.74 Å². The van der Waals surface area contributed by atoms with Gasteiger partial charge in [-0.15, -0.1) is 0 Å². The maximum absolute atomic E-state index is 13.2. The highest BCUT2D eigenvalue weighted by Crippen LogP contribution is 2.40. The van der Waals surface area contributed by atoms with Crippen LogP contribution in [0.25, 0.3) is 0 Å². The van der Waals surface area contributed by atoms with Crippen molar-refractivity contribution in [2.45, 2.75) is 24.3 Å². The Hall–Kier alpha value is -1.86. The number of hydrogen-bond acceptors (Lipinski definition) is 4. The molecule has 1 unspecified atom stereocenters. The van der Waals surface area contributed by atoms with Crippen molar-refractivity contribution in [3.8, 4) is 0 Å². The van der Waals surface area contributed by atoms with Crippen LogP contribution in [-0.4, -0.2) is 30.8 Å². The number of sulfonamides is 1. The lowest BCUT2D eigenvalue weighted by molar-refractivity contribution is 0.169. The number of aryl methyl sites for hydroxylation is 2. The quantitative estimate of drug-likeness (QED) is 0.702. The van der Waals surface area contributed by atoms with Gasteiger partial charge in [-0.2, -0.15) is 4.31 Å². The smallest absolute Gasteiger partial charge is 0.424 e. The lowest BCUT2D eigenvalue weighted by atomic mass is 9.93. The van der Waals surface area contributed by atoms with E-state index in [9.17, 15) is 13.2 Å². The Bertz CT molecular complexity index is 894. The number of alkyl halides is 1. The number of carbonyl (C=O) groups is 1. The summed E-state index contributed by atoms with van der Waals surface area (Å²) in [6, 6.07) is 13.9. The summed E-state index contributed by atoms with van der Waals surface area (Å²) in [6.07, 6.45) is -0.861. The van der Waals surface area contributed by atoms with E-state index < -0.39 is 21.7 Å². The molecule has 3 rings (SSSR count). The maximum atomic E-state index is 13.2. The Labute approximate surface area is 155 Å². The van der Waals surface area contributed by atoms with Gasteiger partial charge in [0.1, 0.15) is 12.1 Å². The standard InChI is InChI=1S/C18H18BrNO4S/c1-13-3-7-15(8-4-13)18(11-19)12-24-17(21)20(18)25(22,23)16-9-5-14(2)6-10-16/h3-10H,11-12H2,1-2H3. The molecule has 0 N–H and O–H groups in total. The first-order valence-electron chi connectivity index (χ1n) is 7.73. The minimum absolute atomic E-state index is 0.0365. The van der Waals surface area contributed by atoms with Gasteiger partial charge in [-0.3, -0.25) is 0 Å². The molecule has 1 fully saturated rings. The number of hydrogen-bond donors (Lipinski definition) is 0. The zero-order valence-corrected chi connectivity index (χ0v) is 16.3. The van der Waals surface area contributed by atoms with E-state index in [0.29, 0.717) is 5.56 Å². The third-order valence-electron chi connectivity index (χ3n) is 4.36. The van der Waals surface area contributed by atoms with Crippen LogP contribution in [0.15, 0.2) is 53.4 Å².